The number of esters is 1. The van der Waals surface area contributed by atoms with Gasteiger partial charge in [0.05, 0.1) is 8.07 Å². The van der Waals surface area contributed by atoms with E-state index in [2.05, 4.69) is 25.0 Å². The van der Waals surface area contributed by atoms with Crippen molar-refractivity contribution < 1.29 is 14.3 Å². The van der Waals surface area contributed by atoms with Gasteiger partial charge in [-0.1, -0.05) is 50.0 Å². The van der Waals surface area contributed by atoms with E-state index in [4.69, 9.17) is 4.74 Å². The first-order chi connectivity index (χ1) is 10.8. The van der Waals surface area contributed by atoms with E-state index in [1.165, 1.54) is 6.92 Å². The third-order valence-corrected chi connectivity index (χ3v) is 4.71. The minimum Gasteiger partial charge on any atom is -0.461 e. The predicted octanol–water partition coefficient (Wildman–Crippen LogP) is 3.51. The minimum absolute atomic E-state index is 0.0531. The third kappa shape index (κ3) is 4.66. The molecule has 0 radical (unpaired) electrons. The monoisotopic (exact) mass is 329 g/mol. The summed E-state index contributed by atoms with van der Waals surface area (Å²) in [6, 6.07) is 11.4. The van der Waals surface area contributed by atoms with Crippen molar-refractivity contribution in [1.82, 2.24) is 5.32 Å². The Morgan fingerprint density at radius 1 is 1.04 bits per heavy atom. The molecule has 0 bridgehead atoms. The molecule has 0 saturated heterocycles. The molecule has 1 amide bonds. The molecule has 0 fully saturated rings. The van der Waals surface area contributed by atoms with Crippen molar-refractivity contribution in [3.63, 3.8) is 0 Å². The van der Waals surface area contributed by atoms with Gasteiger partial charge in [0.1, 0.15) is 6.61 Å². The van der Waals surface area contributed by atoms with Gasteiger partial charge in [0.25, 0.3) is 5.91 Å². The molecular weight excluding hydrogens is 306 g/mol. The number of benzene rings is 2. The maximum absolute atomic E-state index is 12.5. The van der Waals surface area contributed by atoms with Crippen LogP contribution in [0.5, 0.6) is 0 Å². The van der Waals surface area contributed by atoms with Gasteiger partial charge in [0.2, 0.25) is 0 Å². The van der Waals surface area contributed by atoms with E-state index < -0.39 is 8.07 Å². The lowest BCUT2D eigenvalue weighted by Crippen LogP contribution is -2.39. The summed E-state index contributed by atoms with van der Waals surface area (Å²) in [7, 11) is -1.35. The van der Waals surface area contributed by atoms with Crippen LogP contribution in [0.4, 0.5) is 0 Å². The maximum atomic E-state index is 12.5. The Kier molecular flexibility index (Phi) is 5.21. The Balaban J connectivity index is 2.33. The van der Waals surface area contributed by atoms with E-state index in [0.717, 1.165) is 22.5 Å². The highest BCUT2D eigenvalue weighted by Crippen LogP contribution is 2.23. The Morgan fingerprint density at radius 2 is 1.70 bits per heavy atom. The Hall–Kier alpha value is -2.14. The smallest absolute Gasteiger partial charge is 0.302 e. The lowest BCUT2D eigenvalue weighted by Gasteiger charge is -2.17. The van der Waals surface area contributed by atoms with Crippen LogP contribution in [-0.2, 0) is 16.1 Å². The average molecular weight is 329 g/mol. The van der Waals surface area contributed by atoms with Crippen molar-refractivity contribution in [3.8, 4) is 0 Å². The van der Waals surface area contributed by atoms with E-state index in [1.54, 1.807) is 6.07 Å². The lowest BCUT2D eigenvalue weighted by molar-refractivity contribution is -0.142. The molecule has 0 unspecified atom stereocenters. The van der Waals surface area contributed by atoms with E-state index in [9.17, 15) is 9.59 Å². The first kappa shape index (κ1) is 17.2. The second-order valence-electron chi connectivity index (χ2n) is 6.84. The summed E-state index contributed by atoms with van der Waals surface area (Å²) in [5.74, 6) is -0.367. The number of ether oxygens (including phenoxy) is 1. The predicted molar refractivity (Wildman–Crippen MR) is 95.1 cm³/mol. The molecule has 1 N–H and O–H groups in total. The van der Waals surface area contributed by atoms with Gasteiger partial charge < -0.3 is 10.1 Å². The van der Waals surface area contributed by atoms with Crippen molar-refractivity contribution in [2.24, 2.45) is 0 Å². The van der Waals surface area contributed by atoms with Gasteiger partial charge in [-0.15, -0.1) is 0 Å². The summed E-state index contributed by atoms with van der Waals surface area (Å²) < 4.78 is 5.09. The number of carbonyl (C=O) groups excluding carboxylic acids is 2. The SMILES string of the molecule is CC(=O)OCc1ccc(C(=O)NC[Si](C)(C)C)c2ccccc12. The molecule has 0 aliphatic rings. The molecule has 122 valence electrons. The van der Waals surface area contributed by atoms with Crippen LogP contribution < -0.4 is 5.32 Å². The lowest BCUT2D eigenvalue weighted by atomic mass is 9.99. The Bertz CT molecular complexity index is 735. The topological polar surface area (TPSA) is 55.4 Å². The van der Waals surface area contributed by atoms with Crippen molar-refractivity contribution >= 4 is 30.7 Å². The molecule has 0 heterocycles. The number of fused-ring (bicyclic) bond motifs is 1. The van der Waals surface area contributed by atoms with Gasteiger partial charge >= 0.3 is 5.97 Å². The zero-order valence-corrected chi connectivity index (χ0v) is 15.1. The van der Waals surface area contributed by atoms with Crippen LogP contribution in [0.2, 0.25) is 19.6 Å². The average Bonchev–Trinajstić information content (AvgIpc) is 2.49. The van der Waals surface area contributed by atoms with Gasteiger partial charge in [0, 0.05) is 18.7 Å². The highest BCUT2D eigenvalue weighted by Gasteiger charge is 2.17. The van der Waals surface area contributed by atoms with Crippen molar-refractivity contribution in [1.29, 1.82) is 0 Å². The van der Waals surface area contributed by atoms with E-state index in [1.807, 2.05) is 30.3 Å². The molecule has 5 heteroatoms. The molecule has 0 aromatic heterocycles. The van der Waals surface area contributed by atoms with E-state index >= 15 is 0 Å². The van der Waals surface area contributed by atoms with Crippen molar-refractivity contribution in [2.75, 3.05) is 6.17 Å². The highest BCUT2D eigenvalue weighted by atomic mass is 28.3. The molecule has 0 saturated carbocycles. The van der Waals surface area contributed by atoms with Crippen molar-refractivity contribution in [2.45, 2.75) is 33.2 Å². The fraction of sp³-hybridized carbons (Fsp3) is 0.333. The van der Waals surface area contributed by atoms with Crippen LogP contribution in [0, 0.1) is 0 Å². The summed E-state index contributed by atoms with van der Waals surface area (Å²) in [5, 5.41) is 4.86. The van der Waals surface area contributed by atoms with Gasteiger partial charge in [-0.2, -0.15) is 0 Å². The zero-order chi connectivity index (χ0) is 17.0. The van der Waals surface area contributed by atoms with Crippen LogP contribution in [0.1, 0.15) is 22.8 Å². The molecule has 0 atom stereocenters. The van der Waals surface area contributed by atoms with Gasteiger partial charge in [-0.25, -0.2) is 0 Å². The fourth-order valence-corrected chi connectivity index (χ4v) is 3.00. The summed E-state index contributed by atoms with van der Waals surface area (Å²) in [6.45, 7) is 8.25. The van der Waals surface area contributed by atoms with Gasteiger partial charge in [0.15, 0.2) is 0 Å². The van der Waals surface area contributed by atoms with Crippen LogP contribution in [-0.4, -0.2) is 26.1 Å². The van der Waals surface area contributed by atoms with Crippen LogP contribution in [0.15, 0.2) is 36.4 Å². The second-order valence-corrected chi connectivity index (χ2v) is 12.3. The molecule has 0 spiro atoms. The molecule has 0 aliphatic carbocycles. The summed E-state index contributed by atoms with van der Waals surface area (Å²) >= 11 is 0. The number of nitrogens with one attached hydrogen (secondary N) is 1. The Labute approximate surface area is 137 Å². The zero-order valence-electron chi connectivity index (χ0n) is 14.1. The summed E-state index contributed by atoms with van der Waals surface area (Å²) in [6.07, 6.45) is 0.745. The van der Waals surface area contributed by atoms with E-state index in [0.29, 0.717) is 5.56 Å². The molecule has 4 nitrogen and oxygen atoms in total. The normalized spacial score (nSPS) is 11.3. The van der Waals surface area contributed by atoms with Crippen LogP contribution >= 0.6 is 0 Å². The van der Waals surface area contributed by atoms with Crippen LogP contribution in [0.25, 0.3) is 10.8 Å². The highest BCUT2D eigenvalue weighted by molar-refractivity contribution is 6.76. The maximum Gasteiger partial charge on any atom is 0.302 e. The first-order valence-electron chi connectivity index (χ1n) is 7.70. The quantitative estimate of drug-likeness (QED) is 0.674. The molecule has 23 heavy (non-hydrogen) atoms. The minimum atomic E-state index is -1.35. The first-order valence-corrected chi connectivity index (χ1v) is 11.4. The molecule has 2 aromatic rings. The van der Waals surface area contributed by atoms with E-state index in [-0.39, 0.29) is 18.5 Å². The van der Waals surface area contributed by atoms with Gasteiger partial charge in [-0.3, -0.25) is 9.59 Å². The molecular formula is C18H23NO3Si. The number of amides is 1. The number of hydrogen-bond acceptors (Lipinski definition) is 3. The standard InChI is InChI=1S/C18H23NO3Si/c1-13(20)22-11-14-9-10-17(16-8-6-5-7-15(14)16)18(21)19-12-23(2,3)4/h5-10H,11-12H2,1-4H3,(H,19,21). The third-order valence-electron chi connectivity index (χ3n) is 3.47. The largest absolute Gasteiger partial charge is 0.461 e. The summed E-state index contributed by atoms with van der Waals surface area (Å²) in [5.41, 5.74) is 1.56. The number of carbonyl (C=O) groups is 2. The van der Waals surface area contributed by atoms with Gasteiger partial charge in [-0.05, 0) is 22.4 Å². The Morgan fingerprint density at radius 3 is 2.30 bits per heavy atom. The van der Waals surface area contributed by atoms with Crippen LogP contribution in [0.3, 0.4) is 0 Å². The summed E-state index contributed by atoms with van der Waals surface area (Å²) in [4.78, 5) is 23.5. The number of hydrogen-bond donors (Lipinski definition) is 1. The molecule has 0 aliphatic heterocycles. The fourth-order valence-electron chi connectivity index (χ4n) is 2.31. The molecule has 2 rings (SSSR count). The molecule has 2 aromatic carbocycles. The van der Waals surface area contributed by atoms with Crippen molar-refractivity contribution in [3.05, 3.63) is 47.5 Å². The number of rotatable bonds is 5. The second kappa shape index (κ2) is 6.96.